The van der Waals surface area contributed by atoms with E-state index >= 15 is 0 Å². The normalized spacial score (nSPS) is 13.0. The third kappa shape index (κ3) is 4.16. The number of ether oxygens (including phenoxy) is 1. The Morgan fingerprint density at radius 3 is 2.41 bits per heavy atom. The molecule has 1 amide bonds. The molecule has 1 aromatic rings. The number of amides is 1. The Labute approximate surface area is 130 Å². The standard InChI is InChI=1S/C16H24F2N2O2/c1-4-16(5-2,10-19)14(21)20-11(3)12-8-6-7-9-13(12)22-15(17)18/h6-9,11,15H,4-5,10,19H2,1-3H3,(H,20,21). The van der Waals surface area contributed by atoms with Crippen LogP contribution in [0.5, 0.6) is 5.75 Å². The molecule has 0 aliphatic rings. The van der Waals surface area contributed by atoms with Crippen LogP contribution in [0.4, 0.5) is 8.78 Å². The van der Waals surface area contributed by atoms with Gasteiger partial charge in [-0.15, -0.1) is 0 Å². The zero-order chi connectivity index (χ0) is 16.8. The van der Waals surface area contributed by atoms with Crippen molar-refractivity contribution in [1.82, 2.24) is 5.32 Å². The zero-order valence-corrected chi connectivity index (χ0v) is 13.2. The molecule has 3 N–H and O–H groups in total. The van der Waals surface area contributed by atoms with E-state index in [0.29, 0.717) is 18.4 Å². The molecule has 0 fully saturated rings. The largest absolute Gasteiger partial charge is 0.434 e. The summed E-state index contributed by atoms with van der Waals surface area (Å²) in [5, 5.41) is 2.86. The van der Waals surface area contributed by atoms with Crippen LogP contribution in [0.1, 0.15) is 45.2 Å². The van der Waals surface area contributed by atoms with Gasteiger partial charge in [-0.3, -0.25) is 4.79 Å². The predicted molar refractivity (Wildman–Crippen MR) is 81.7 cm³/mol. The second-order valence-electron chi connectivity index (χ2n) is 5.30. The molecule has 1 aromatic carbocycles. The third-order valence-electron chi connectivity index (χ3n) is 4.18. The number of halogens is 2. The van der Waals surface area contributed by atoms with Gasteiger partial charge in [0.1, 0.15) is 5.75 Å². The van der Waals surface area contributed by atoms with E-state index in [2.05, 4.69) is 10.1 Å². The summed E-state index contributed by atoms with van der Waals surface area (Å²) in [5.41, 5.74) is 5.63. The number of nitrogens with one attached hydrogen (secondary N) is 1. The SMILES string of the molecule is CCC(CC)(CN)C(=O)NC(C)c1ccccc1OC(F)F. The lowest BCUT2D eigenvalue weighted by molar-refractivity contribution is -0.131. The van der Waals surface area contributed by atoms with Crippen LogP contribution in [0.15, 0.2) is 24.3 Å². The highest BCUT2D eigenvalue weighted by Gasteiger charge is 2.34. The molecule has 1 atom stereocenters. The minimum atomic E-state index is -2.90. The number of alkyl halides is 2. The highest BCUT2D eigenvalue weighted by Crippen LogP contribution is 2.29. The smallest absolute Gasteiger partial charge is 0.387 e. The third-order valence-corrected chi connectivity index (χ3v) is 4.18. The topological polar surface area (TPSA) is 64.4 Å². The molecule has 4 nitrogen and oxygen atoms in total. The molecular weight excluding hydrogens is 290 g/mol. The van der Waals surface area contributed by atoms with Gasteiger partial charge >= 0.3 is 6.61 Å². The van der Waals surface area contributed by atoms with E-state index in [0.717, 1.165) is 0 Å². The fourth-order valence-corrected chi connectivity index (χ4v) is 2.42. The first kappa shape index (κ1) is 18.4. The van der Waals surface area contributed by atoms with Gasteiger partial charge in [-0.05, 0) is 25.8 Å². The summed E-state index contributed by atoms with van der Waals surface area (Å²) in [7, 11) is 0. The molecule has 0 aliphatic heterocycles. The van der Waals surface area contributed by atoms with Crippen LogP contribution in [0.2, 0.25) is 0 Å². The fraction of sp³-hybridized carbons (Fsp3) is 0.562. The molecular formula is C16H24F2N2O2. The van der Waals surface area contributed by atoms with Gasteiger partial charge in [-0.1, -0.05) is 32.0 Å². The Morgan fingerprint density at radius 2 is 1.91 bits per heavy atom. The van der Waals surface area contributed by atoms with E-state index in [1.807, 2.05) is 13.8 Å². The molecule has 22 heavy (non-hydrogen) atoms. The van der Waals surface area contributed by atoms with Crippen LogP contribution >= 0.6 is 0 Å². The van der Waals surface area contributed by atoms with Crippen molar-refractivity contribution in [1.29, 1.82) is 0 Å². The van der Waals surface area contributed by atoms with Gasteiger partial charge in [0.05, 0.1) is 11.5 Å². The quantitative estimate of drug-likeness (QED) is 0.774. The highest BCUT2D eigenvalue weighted by atomic mass is 19.3. The van der Waals surface area contributed by atoms with Crippen molar-refractivity contribution >= 4 is 5.91 Å². The van der Waals surface area contributed by atoms with Gasteiger partial charge in [-0.25, -0.2) is 0 Å². The molecule has 1 unspecified atom stereocenters. The number of benzene rings is 1. The Morgan fingerprint density at radius 1 is 1.32 bits per heavy atom. The van der Waals surface area contributed by atoms with Crippen molar-refractivity contribution in [2.45, 2.75) is 46.3 Å². The maximum absolute atomic E-state index is 12.5. The van der Waals surface area contributed by atoms with Crippen molar-refractivity contribution in [2.24, 2.45) is 11.1 Å². The Bertz CT molecular complexity index is 483. The summed E-state index contributed by atoms with van der Waals surface area (Å²) in [6, 6.07) is 5.99. The first-order valence-corrected chi connectivity index (χ1v) is 7.45. The summed E-state index contributed by atoms with van der Waals surface area (Å²) in [6.07, 6.45) is 1.24. The number of hydrogen-bond acceptors (Lipinski definition) is 3. The minimum absolute atomic E-state index is 0.0663. The van der Waals surface area contributed by atoms with E-state index in [4.69, 9.17) is 5.73 Å². The van der Waals surface area contributed by atoms with E-state index in [1.54, 1.807) is 25.1 Å². The Hall–Kier alpha value is -1.69. The van der Waals surface area contributed by atoms with E-state index < -0.39 is 18.1 Å². The molecule has 0 saturated heterocycles. The average molecular weight is 314 g/mol. The predicted octanol–water partition coefficient (Wildman–Crippen LogP) is 3.23. The number of rotatable bonds is 8. The summed E-state index contributed by atoms with van der Waals surface area (Å²) in [6.45, 7) is 2.90. The van der Waals surface area contributed by atoms with Gasteiger partial charge in [0.2, 0.25) is 5.91 Å². The Balaban J connectivity index is 2.93. The first-order valence-electron chi connectivity index (χ1n) is 7.45. The number of para-hydroxylation sites is 1. The zero-order valence-electron chi connectivity index (χ0n) is 13.2. The maximum atomic E-state index is 12.5. The number of nitrogens with two attached hydrogens (primary N) is 1. The van der Waals surface area contributed by atoms with Crippen molar-refractivity contribution in [3.05, 3.63) is 29.8 Å². The van der Waals surface area contributed by atoms with Crippen molar-refractivity contribution in [3.63, 3.8) is 0 Å². The van der Waals surface area contributed by atoms with Gasteiger partial charge < -0.3 is 15.8 Å². The molecule has 0 aliphatic carbocycles. The number of carbonyl (C=O) groups is 1. The van der Waals surface area contributed by atoms with Crippen LogP contribution in [-0.4, -0.2) is 19.1 Å². The maximum Gasteiger partial charge on any atom is 0.387 e. The lowest BCUT2D eigenvalue weighted by atomic mass is 9.81. The van der Waals surface area contributed by atoms with Crippen LogP contribution in [-0.2, 0) is 4.79 Å². The van der Waals surface area contributed by atoms with Crippen LogP contribution in [0.25, 0.3) is 0 Å². The van der Waals surface area contributed by atoms with Gasteiger partial charge in [-0.2, -0.15) is 8.78 Å². The number of carbonyl (C=O) groups excluding carboxylic acids is 1. The van der Waals surface area contributed by atoms with E-state index in [1.165, 1.54) is 6.07 Å². The van der Waals surface area contributed by atoms with Gasteiger partial charge in [0, 0.05) is 12.1 Å². The second kappa shape index (κ2) is 8.08. The summed E-state index contributed by atoms with van der Waals surface area (Å²) in [4.78, 5) is 12.5. The molecule has 0 heterocycles. The summed E-state index contributed by atoms with van der Waals surface area (Å²) < 4.78 is 29.4. The average Bonchev–Trinajstić information content (AvgIpc) is 2.49. The molecule has 1 rings (SSSR count). The van der Waals surface area contributed by atoms with Crippen LogP contribution < -0.4 is 15.8 Å². The summed E-state index contributed by atoms with van der Waals surface area (Å²) >= 11 is 0. The van der Waals surface area contributed by atoms with Crippen molar-refractivity contribution in [2.75, 3.05) is 6.54 Å². The molecule has 124 valence electrons. The molecule has 0 aromatic heterocycles. The lowest BCUT2D eigenvalue weighted by Gasteiger charge is -2.30. The second-order valence-corrected chi connectivity index (χ2v) is 5.30. The molecule has 0 radical (unpaired) electrons. The lowest BCUT2D eigenvalue weighted by Crippen LogP contribution is -2.46. The highest BCUT2D eigenvalue weighted by molar-refractivity contribution is 5.83. The summed E-state index contributed by atoms with van der Waals surface area (Å²) in [5.74, 6) is -0.101. The molecule has 6 heteroatoms. The van der Waals surface area contributed by atoms with Crippen LogP contribution in [0, 0.1) is 5.41 Å². The van der Waals surface area contributed by atoms with E-state index in [-0.39, 0.29) is 18.2 Å². The minimum Gasteiger partial charge on any atom is -0.434 e. The number of hydrogen-bond donors (Lipinski definition) is 2. The first-order chi connectivity index (χ1) is 10.4. The van der Waals surface area contributed by atoms with E-state index in [9.17, 15) is 13.6 Å². The molecule has 0 spiro atoms. The fourth-order valence-electron chi connectivity index (χ4n) is 2.42. The monoisotopic (exact) mass is 314 g/mol. The molecule has 0 bridgehead atoms. The Kier molecular flexibility index (Phi) is 6.74. The molecule has 0 saturated carbocycles. The van der Waals surface area contributed by atoms with Gasteiger partial charge in [0.15, 0.2) is 0 Å². The van der Waals surface area contributed by atoms with Crippen molar-refractivity contribution < 1.29 is 18.3 Å². The van der Waals surface area contributed by atoms with Crippen LogP contribution in [0.3, 0.4) is 0 Å². The van der Waals surface area contributed by atoms with Gasteiger partial charge in [0.25, 0.3) is 0 Å². The van der Waals surface area contributed by atoms with Crippen molar-refractivity contribution in [3.8, 4) is 5.75 Å².